The van der Waals surface area contributed by atoms with Crippen molar-refractivity contribution < 1.29 is 79.9 Å². The van der Waals surface area contributed by atoms with Gasteiger partial charge in [0.15, 0.2) is 18.4 Å². The second kappa shape index (κ2) is 14.3. The van der Waals surface area contributed by atoms with Gasteiger partial charge in [-0.15, -0.1) is 6.58 Å². The van der Waals surface area contributed by atoms with Gasteiger partial charge < -0.3 is 75.1 Å². The standard InChI is InChI=1S/C21H36O16/c1-2-3-7(23)11(25)15(29)12(26)8(24)5-34-20-19(33)17(31)14(28)10(37-20)6-35-21-18(32)16(30)13(27)9(4-22)36-21/h2,8-22,24-33H,1,3-6H2/t8-,9-,10-,11+,12-,13-,14-,15-,16+,17+,18-,19-,20+,21+/m1/s1. The number of aliphatic hydroxyl groups excluding tert-OH is 11. The fourth-order valence-corrected chi connectivity index (χ4v) is 3.75. The second-order valence-corrected chi connectivity index (χ2v) is 8.83. The topological polar surface area (TPSA) is 277 Å². The number of hydrogen-bond donors (Lipinski definition) is 11. The molecule has 0 bridgehead atoms. The Kier molecular flexibility index (Phi) is 12.3. The van der Waals surface area contributed by atoms with E-state index in [-0.39, 0.29) is 6.42 Å². The Morgan fingerprint density at radius 3 is 1.84 bits per heavy atom. The van der Waals surface area contributed by atoms with Crippen molar-refractivity contribution in [1.82, 2.24) is 0 Å². The van der Waals surface area contributed by atoms with Crippen LogP contribution in [0.4, 0.5) is 0 Å². The third-order valence-electron chi connectivity index (χ3n) is 6.12. The fourth-order valence-electron chi connectivity index (χ4n) is 3.75. The molecule has 0 spiro atoms. The molecule has 11 N–H and O–H groups in total. The van der Waals surface area contributed by atoms with Crippen molar-refractivity contribution in [2.75, 3.05) is 19.8 Å². The number of carbonyl (C=O) groups is 1. The molecule has 16 heteroatoms. The van der Waals surface area contributed by atoms with E-state index in [2.05, 4.69) is 6.58 Å². The molecule has 0 aliphatic carbocycles. The van der Waals surface area contributed by atoms with E-state index in [0.717, 1.165) is 0 Å². The van der Waals surface area contributed by atoms with Crippen molar-refractivity contribution in [3.8, 4) is 0 Å². The Morgan fingerprint density at radius 1 is 0.784 bits per heavy atom. The lowest BCUT2D eigenvalue weighted by molar-refractivity contribution is -0.333. The average Bonchev–Trinajstić information content (AvgIpc) is 2.88. The maximum Gasteiger partial charge on any atom is 0.186 e. The number of allylic oxidation sites excluding steroid dienone is 1. The highest BCUT2D eigenvalue weighted by Gasteiger charge is 2.47. The minimum absolute atomic E-state index is 0.299. The van der Waals surface area contributed by atoms with E-state index in [1.807, 2.05) is 0 Å². The number of ether oxygens (including phenoxy) is 4. The lowest BCUT2D eigenvalue weighted by Gasteiger charge is -2.42. The first kappa shape index (κ1) is 32.0. The molecule has 2 aliphatic rings. The Morgan fingerprint density at radius 2 is 1.30 bits per heavy atom. The zero-order chi connectivity index (χ0) is 28.0. The van der Waals surface area contributed by atoms with E-state index >= 15 is 0 Å². The molecule has 14 atom stereocenters. The zero-order valence-corrected chi connectivity index (χ0v) is 19.7. The molecule has 0 aromatic carbocycles. The quantitative estimate of drug-likeness (QED) is 0.0961. The number of hydrogen-bond acceptors (Lipinski definition) is 16. The molecule has 2 heterocycles. The van der Waals surface area contributed by atoms with Gasteiger partial charge in [-0.2, -0.15) is 0 Å². The first-order chi connectivity index (χ1) is 17.3. The smallest absolute Gasteiger partial charge is 0.186 e. The highest BCUT2D eigenvalue weighted by Crippen LogP contribution is 2.26. The first-order valence-electron chi connectivity index (χ1n) is 11.4. The van der Waals surface area contributed by atoms with Crippen LogP contribution in [-0.2, 0) is 23.7 Å². The molecule has 2 fully saturated rings. The normalized spacial score (nSPS) is 40.0. The van der Waals surface area contributed by atoms with Crippen molar-refractivity contribution in [2.45, 2.75) is 92.2 Å². The first-order valence-corrected chi connectivity index (χ1v) is 11.4. The predicted octanol–water partition coefficient (Wildman–Crippen LogP) is -6.78. The molecule has 2 rings (SSSR count). The molecule has 37 heavy (non-hydrogen) atoms. The number of aliphatic hydroxyl groups is 11. The van der Waals surface area contributed by atoms with Crippen LogP contribution in [0.1, 0.15) is 6.42 Å². The molecule has 0 amide bonds. The lowest BCUT2D eigenvalue weighted by atomic mass is 9.98. The van der Waals surface area contributed by atoms with Gasteiger partial charge >= 0.3 is 0 Å². The number of ketones is 1. The van der Waals surface area contributed by atoms with Gasteiger partial charge in [-0.05, 0) is 0 Å². The summed E-state index contributed by atoms with van der Waals surface area (Å²) in [4.78, 5) is 11.6. The maximum atomic E-state index is 11.6. The molecule has 0 radical (unpaired) electrons. The van der Waals surface area contributed by atoms with E-state index in [9.17, 15) is 61.0 Å². The molecule has 216 valence electrons. The van der Waals surface area contributed by atoms with Crippen LogP contribution < -0.4 is 0 Å². The molecule has 0 aromatic heterocycles. The summed E-state index contributed by atoms with van der Waals surface area (Å²) in [7, 11) is 0. The van der Waals surface area contributed by atoms with Gasteiger partial charge in [-0.3, -0.25) is 4.79 Å². The van der Waals surface area contributed by atoms with Gasteiger partial charge in [0.05, 0.1) is 19.8 Å². The number of carbonyl (C=O) groups excluding carboxylic acids is 1. The molecule has 2 saturated heterocycles. The van der Waals surface area contributed by atoms with Gasteiger partial charge in [0.25, 0.3) is 0 Å². The predicted molar refractivity (Wildman–Crippen MR) is 116 cm³/mol. The number of rotatable bonds is 13. The van der Waals surface area contributed by atoms with Crippen LogP contribution in [0, 0.1) is 0 Å². The Balaban J connectivity index is 1.95. The van der Waals surface area contributed by atoms with Crippen molar-refractivity contribution in [2.24, 2.45) is 0 Å². The molecular formula is C21H36O16. The van der Waals surface area contributed by atoms with Crippen LogP contribution in [-0.4, -0.2) is 168 Å². The third kappa shape index (κ3) is 7.69. The Bertz CT molecular complexity index is 723. The molecule has 0 unspecified atom stereocenters. The van der Waals surface area contributed by atoms with Gasteiger partial charge in [-0.1, -0.05) is 6.08 Å². The van der Waals surface area contributed by atoms with Crippen LogP contribution in [0.3, 0.4) is 0 Å². The van der Waals surface area contributed by atoms with Crippen molar-refractivity contribution in [3.05, 3.63) is 12.7 Å². The summed E-state index contributed by atoms with van der Waals surface area (Å²) in [5, 5.41) is 109. The molecular weight excluding hydrogens is 508 g/mol. The van der Waals surface area contributed by atoms with E-state index < -0.39 is 111 Å². The number of Topliss-reactive ketones (excluding diaryl/α,β-unsaturated/α-hetero) is 1. The molecule has 16 nitrogen and oxygen atoms in total. The largest absolute Gasteiger partial charge is 0.394 e. The van der Waals surface area contributed by atoms with Crippen molar-refractivity contribution >= 4 is 5.78 Å². The highest BCUT2D eigenvalue weighted by atomic mass is 16.7. The van der Waals surface area contributed by atoms with Crippen molar-refractivity contribution in [1.29, 1.82) is 0 Å². The summed E-state index contributed by atoms with van der Waals surface area (Å²) in [5.74, 6) is -0.861. The van der Waals surface area contributed by atoms with Crippen LogP contribution in [0.15, 0.2) is 12.7 Å². The third-order valence-corrected chi connectivity index (χ3v) is 6.12. The van der Waals surface area contributed by atoms with Gasteiger partial charge in [-0.25, -0.2) is 0 Å². The zero-order valence-electron chi connectivity index (χ0n) is 19.7. The summed E-state index contributed by atoms with van der Waals surface area (Å²) in [6.45, 7) is 1.15. The summed E-state index contributed by atoms with van der Waals surface area (Å²) >= 11 is 0. The Labute approximate surface area is 211 Å². The van der Waals surface area contributed by atoms with E-state index in [1.165, 1.54) is 6.08 Å². The van der Waals surface area contributed by atoms with Crippen molar-refractivity contribution in [3.63, 3.8) is 0 Å². The highest BCUT2D eigenvalue weighted by molar-refractivity contribution is 5.84. The van der Waals surface area contributed by atoms with Crippen LogP contribution in [0.25, 0.3) is 0 Å². The SMILES string of the molecule is C=CCC(=O)[C@H](O)[C@@H](O)[C@H](O)[C@H](O)CO[C@H]1O[C@H](CO[C@H]2O[C@H](CO)[C@@H](O)[C@H](O)[C@H]2O)[C@@H](O)[C@H](O)[C@H]1O. The molecule has 2 aliphatic heterocycles. The van der Waals surface area contributed by atoms with E-state index in [4.69, 9.17) is 18.9 Å². The minimum atomic E-state index is -2.09. The fraction of sp³-hybridized carbons (Fsp3) is 0.857. The average molecular weight is 545 g/mol. The summed E-state index contributed by atoms with van der Waals surface area (Å²) in [6.07, 6.45) is -23.8. The van der Waals surface area contributed by atoms with Gasteiger partial charge in [0.1, 0.15) is 73.2 Å². The van der Waals surface area contributed by atoms with Crippen LogP contribution in [0.5, 0.6) is 0 Å². The minimum Gasteiger partial charge on any atom is -0.394 e. The molecule has 0 aromatic rings. The second-order valence-electron chi connectivity index (χ2n) is 8.83. The lowest BCUT2D eigenvalue weighted by Crippen LogP contribution is -2.62. The van der Waals surface area contributed by atoms with Gasteiger partial charge in [0, 0.05) is 6.42 Å². The summed E-state index contributed by atoms with van der Waals surface area (Å²) < 4.78 is 20.9. The molecule has 0 saturated carbocycles. The monoisotopic (exact) mass is 544 g/mol. The van der Waals surface area contributed by atoms with E-state index in [1.54, 1.807) is 0 Å². The van der Waals surface area contributed by atoms with Crippen LogP contribution in [0.2, 0.25) is 0 Å². The van der Waals surface area contributed by atoms with E-state index in [0.29, 0.717) is 0 Å². The van der Waals surface area contributed by atoms with Crippen LogP contribution >= 0.6 is 0 Å². The summed E-state index contributed by atoms with van der Waals surface area (Å²) in [6, 6.07) is 0. The van der Waals surface area contributed by atoms with Gasteiger partial charge in [0.2, 0.25) is 0 Å². The maximum absolute atomic E-state index is 11.6. The Hall–Kier alpha value is -1.19. The summed E-state index contributed by atoms with van der Waals surface area (Å²) in [5.41, 5.74) is 0.